The molecule has 4 aromatic rings. The fraction of sp³-hybridized carbons (Fsp3) is 0.227. The number of carbonyl (C=O) groups excluding carboxylic acids is 1. The molecule has 1 N–H and O–H groups in total. The van der Waals surface area contributed by atoms with Crippen LogP contribution < -0.4 is 4.74 Å². The van der Waals surface area contributed by atoms with Crippen molar-refractivity contribution in [3.05, 3.63) is 66.7 Å². The van der Waals surface area contributed by atoms with Gasteiger partial charge >= 0.3 is 0 Å². The molecule has 0 aliphatic rings. The largest absolute Gasteiger partial charge is 0.457 e. The molecular formula is C22H23N5O3. The van der Waals surface area contributed by atoms with E-state index >= 15 is 0 Å². The van der Waals surface area contributed by atoms with Crippen LogP contribution in [0.4, 0.5) is 0 Å². The Labute approximate surface area is 174 Å². The lowest BCUT2D eigenvalue weighted by atomic mass is 10.1. The molecule has 0 aliphatic heterocycles. The lowest BCUT2D eigenvalue weighted by Crippen LogP contribution is -2.33. The molecule has 3 heterocycles. The van der Waals surface area contributed by atoms with Gasteiger partial charge in [0.2, 0.25) is 0 Å². The highest BCUT2D eigenvalue weighted by Gasteiger charge is 2.17. The van der Waals surface area contributed by atoms with Crippen LogP contribution in [0.5, 0.6) is 11.5 Å². The first-order valence-corrected chi connectivity index (χ1v) is 9.72. The Hall–Kier alpha value is -3.65. The molecule has 30 heavy (non-hydrogen) atoms. The smallest absolute Gasteiger partial charge is 0.274 e. The van der Waals surface area contributed by atoms with E-state index in [0.717, 1.165) is 11.3 Å². The van der Waals surface area contributed by atoms with E-state index in [1.165, 1.54) is 0 Å². The molecular weight excluding hydrogens is 382 g/mol. The fourth-order valence-electron chi connectivity index (χ4n) is 3.15. The number of methoxy groups -OCH3 is 1. The maximum atomic E-state index is 12.7. The van der Waals surface area contributed by atoms with Crippen molar-refractivity contribution >= 4 is 11.6 Å². The molecule has 0 spiro atoms. The van der Waals surface area contributed by atoms with Crippen molar-refractivity contribution in [3.8, 4) is 22.8 Å². The summed E-state index contributed by atoms with van der Waals surface area (Å²) in [5.74, 6) is 1.24. The summed E-state index contributed by atoms with van der Waals surface area (Å²) in [6.45, 7) is 3.55. The molecule has 1 aromatic carbocycles. The van der Waals surface area contributed by atoms with Crippen molar-refractivity contribution in [2.45, 2.75) is 6.92 Å². The second-order valence-electron chi connectivity index (χ2n) is 6.73. The minimum atomic E-state index is -0.116. The van der Waals surface area contributed by atoms with E-state index in [9.17, 15) is 4.79 Å². The van der Waals surface area contributed by atoms with Crippen LogP contribution in [0, 0.1) is 0 Å². The van der Waals surface area contributed by atoms with Crippen molar-refractivity contribution in [2.75, 3.05) is 26.8 Å². The number of nitrogens with one attached hydrogen (secondary N) is 1. The Morgan fingerprint density at radius 1 is 1.17 bits per heavy atom. The van der Waals surface area contributed by atoms with Crippen molar-refractivity contribution in [1.29, 1.82) is 0 Å². The number of hydrogen-bond acceptors (Lipinski definition) is 5. The van der Waals surface area contributed by atoms with Gasteiger partial charge in [-0.2, -0.15) is 5.10 Å². The van der Waals surface area contributed by atoms with Gasteiger partial charge < -0.3 is 18.8 Å². The monoisotopic (exact) mass is 405 g/mol. The molecule has 0 unspecified atom stereocenters. The first kappa shape index (κ1) is 19.7. The maximum absolute atomic E-state index is 12.7. The van der Waals surface area contributed by atoms with Gasteiger partial charge in [0.05, 0.1) is 12.3 Å². The van der Waals surface area contributed by atoms with Gasteiger partial charge in [0.1, 0.15) is 22.8 Å². The Balaban J connectivity index is 1.50. The number of H-pyrrole nitrogens is 1. The number of hydrogen-bond donors (Lipinski definition) is 1. The van der Waals surface area contributed by atoms with E-state index in [4.69, 9.17) is 9.47 Å². The Bertz CT molecular complexity index is 1120. The summed E-state index contributed by atoms with van der Waals surface area (Å²) >= 11 is 0. The minimum absolute atomic E-state index is 0.116. The van der Waals surface area contributed by atoms with E-state index in [1.807, 2.05) is 60.0 Å². The highest BCUT2D eigenvalue weighted by atomic mass is 16.5. The summed E-state index contributed by atoms with van der Waals surface area (Å²) in [6.07, 6.45) is 5.28. The summed E-state index contributed by atoms with van der Waals surface area (Å²) in [7, 11) is 1.62. The van der Waals surface area contributed by atoms with Gasteiger partial charge in [0.15, 0.2) is 0 Å². The molecule has 154 valence electrons. The predicted molar refractivity (Wildman–Crippen MR) is 113 cm³/mol. The quantitative estimate of drug-likeness (QED) is 0.484. The number of carbonyl (C=O) groups is 1. The summed E-state index contributed by atoms with van der Waals surface area (Å²) in [5, 5.41) is 6.90. The molecule has 4 rings (SSSR count). The fourth-order valence-corrected chi connectivity index (χ4v) is 3.15. The van der Waals surface area contributed by atoms with Crippen LogP contribution in [-0.4, -0.2) is 57.2 Å². The third-order valence-corrected chi connectivity index (χ3v) is 4.79. The van der Waals surface area contributed by atoms with Gasteiger partial charge in [0, 0.05) is 44.9 Å². The molecule has 1 amide bonds. The van der Waals surface area contributed by atoms with Crippen molar-refractivity contribution in [3.63, 3.8) is 0 Å². The van der Waals surface area contributed by atoms with E-state index < -0.39 is 0 Å². The number of amides is 1. The molecule has 0 atom stereocenters. The Kier molecular flexibility index (Phi) is 5.76. The number of ether oxygens (including phenoxy) is 2. The van der Waals surface area contributed by atoms with Gasteiger partial charge in [-0.15, -0.1) is 0 Å². The lowest BCUT2D eigenvalue weighted by Gasteiger charge is -2.18. The highest BCUT2D eigenvalue weighted by Crippen LogP contribution is 2.25. The normalized spacial score (nSPS) is 11.0. The predicted octanol–water partition coefficient (Wildman–Crippen LogP) is 3.63. The topological polar surface area (TPSA) is 84.8 Å². The average molecular weight is 405 g/mol. The number of benzene rings is 1. The highest BCUT2D eigenvalue weighted by molar-refractivity contribution is 5.93. The second-order valence-corrected chi connectivity index (χ2v) is 6.73. The second kappa shape index (κ2) is 8.79. The van der Waals surface area contributed by atoms with Crippen molar-refractivity contribution in [1.82, 2.24) is 24.5 Å². The number of aromatic nitrogens is 4. The molecule has 0 bridgehead atoms. The van der Waals surface area contributed by atoms with Crippen LogP contribution in [0.1, 0.15) is 17.4 Å². The number of aromatic amines is 1. The Morgan fingerprint density at radius 3 is 2.70 bits per heavy atom. The molecule has 0 aliphatic carbocycles. The SMILES string of the molecule is CCN(CCOC)C(=O)c1cn2ccc(Oc3ccc(-c4ccn[nH]4)cc3)cc2n1. The maximum Gasteiger partial charge on any atom is 0.274 e. The summed E-state index contributed by atoms with van der Waals surface area (Å²) in [4.78, 5) is 18.9. The van der Waals surface area contributed by atoms with Crippen LogP contribution >= 0.6 is 0 Å². The number of rotatable bonds is 8. The average Bonchev–Trinajstić information content (AvgIpc) is 3.44. The number of imidazole rings is 1. The third kappa shape index (κ3) is 4.18. The minimum Gasteiger partial charge on any atom is -0.457 e. The van der Waals surface area contributed by atoms with Gasteiger partial charge in [0.25, 0.3) is 5.91 Å². The third-order valence-electron chi connectivity index (χ3n) is 4.79. The van der Waals surface area contributed by atoms with Crippen molar-refractivity contribution < 1.29 is 14.3 Å². The number of nitrogens with zero attached hydrogens (tertiary/aromatic N) is 4. The first-order chi connectivity index (χ1) is 14.7. The molecule has 8 nitrogen and oxygen atoms in total. The van der Waals surface area contributed by atoms with Crippen LogP contribution in [-0.2, 0) is 4.74 Å². The number of likely N-dealkylation sites (N-methyl/N-ethyl adjacent to an activating group) is 1. The first-order valence-electron chi connectivity index (χ1n) is 9.72. The van der Waals surface area contributed by atoms with Crippen LogP contribution in [0.25, 0.3) is 16.9 Å². The summed E-state index contributed by atoms with van der Waals surface area (Å²) in [6, 6.07) is 13.3. The van der Waals surface area contributed by atoms with Gasteiger partial charge in [-0.25, -0.2) is 4.98 Å². The molecule has 3 aromatic heterocycles. The van der Waals surface area contributed by atoms with E-state index in [2.05, 4.69) is 15.2 Å². The zero-order valence-corrected chi connectivity index (χ0v) is 16.9. The van der Waals surface area contributed by atoms with Crippen LogP contribution in [0.2, 0.25) is 0 Å². The van der Waals surface area contributed by atoms with E-state index in [-0.39, 0.29) is 5.91 Å². The number of pyridine rings is 1. The number of fused-ring (bicyclic) bond motifs is 1. The molecule has 0 saturated heterocycles. The zero-order valence-electron chi connectivity index (χ0n) is 16.9. The molecule has 8 heteroatoms. The zero-order chi connectivity index (χ0) is 20.9. The van der Waals surface area contributed by atoms with Gasteiger partial charge in [-0.05, 0) is 48.9 Å². The Morgan fingerprint density at radius 2 is 2.00 bits per heavy atom. The molecule has 0 fully saturated rings. The molecule has 0 radical (unpaired) electrons. The van der Waals surface area contributed by atoms with Gasteiger partial charge in [-0.3, -0.25) is 9.89 Å². The molecule has 0 saturated carbocycles. The van der Waals surface area contributed by atoms with Crippen molar-refractivity contribution in [2.24, 2.45) is 0 Å². The van der Waals surface area contributed by atoms with Gasteiger partial charge in [-0.1, -0.05) is 0 Å². The van der Waals surface area contributed by atoms with Crippen LogP contribution in [0.3, 0.4) is 0 Å². The summed E-state index contributed by atoms with van der Waals surface area (Å²) in [5.41, 5.74) is 3.02. The van der Waals surface area contributed by atoms with E-state index in [0.29, 0.717) is 42.5 Å². The van der Waals surface area contributed by atoms with Crippen LogP contribution in [0.15, 0.2) is 61.1 Å². The standard InChI is InChI=1S/C22H23N5O3/c1-3-26(12-13-29-2)22(28)20-15-27-11-9-18(14-21(27)24-20)30-17-6-4-16(5-7-17)19-8-10-23-25-19/h4-11,14-15H,3,12-13H2,1-2H3,(H,23,25). The van der Waals surface area contributed by atoms with E-state index in [1.54, 1.807) is 24.4 Å². The lowest BCUT2D eigenvalue weighted by molar-refractivity contribution is 0.0701. The summed E-state index contributed by atoms with van der Waals surface area (Å²) < 4.78 is 12.8.